The van der Waals surface area contributed by atoms with Gasteiger partial charge in [0.25, 0.3) is 0 Å². The van der Waals surface area contributed by atoms with Gasteiger partial charge in [0, 0.05) is 9.80 Å². The fourth-order valence-electron chi connectivity index (χ4n) is 0.932. The number of alkyl halides is 4. The van der Waals surface area contributed by atoms with Gasteiger partial charge in [0.05, 0.1) is 5.69 Å². The first kappa shape index (κ1) is 12.6. The molecule has 1 rings (SSSR count). The zero-order valence-corrected chi connectivity index (χ0v) is 10.4. The van der Waals surface area contributed by atoms with E-state index in [9.17, 15) is 13.2 Å². The topological polar surface area (TPSA) is 35.2 Å². The van der Waals surface area contributed by atoms with Crippen LogP contribution in [0.3, 0.4) is 0 Å². The first-order valence-electron chi connectivity index (χ1n) is 3.73. The third kappa shape index (κ3) is 3.57. The summed E-state index contributed by atoms with van der Waals surface area (Å²) >= 11 is 6.18. The summed E-state index contributed by atoms with van der Waals surface area (Å²) in [4.78, 5) is 0. The van der Waals surface area contributed by atoms with Gasteiger partial charge in [-0.3, -0.25) is 0 Å². The number of ether oxygens (including phenoxy) is 1. The molecule has 2 nitrogen and oxygen atoms in total. The predicted octanol–water partition coefficient (Wildman–Crippen LogP) is 3.82. The van der Waals surface area contributed by atoms with Gasteiger partial charge in [-0.1, -0.05) is 15.9 Å². The van der Waals surface area contributed by atoms with Gasteiger partial charge in [-0.2, -0.15) is 0 Å². The number of nitrogens with two attached hydrogens (primary N) is 1. The Morgan fingerprint density at radius 3 is 2.40 bits per heavy atom. The van der Waals surface area contributed by atoms with E-state index < -0.39 is 12.1 Å². The third-order valence-electron chi connectivity index (χ3n) is 1.53. The maximum atomic E-state index is 12.0. The monoisotopic (exact) mass is 347 g/mol. The smallest absolute Gasteiger partial charge is 0.404 e. The zero-order chi connectivity index (χ0) is 11.6. The minimum Gasteiger partial charge on any atom is -0.404 e. The van der Waals surface area contributed by atoms with Crippen LogP contribution in [-0.4, -0.2) is 6.36 Å². The number of benzene rings is 1. The highest BCUT2D eigenvalue weighted by Crippen LogP contribution is 2.35. The van der Waals surface area contributed by atoms with Crippen LogP contribution in [0.2, 0.25) is 0 Å². The molecule has 0 fully saturated rings. The van der Waals surface area contributed by atoms with Gasteiger partial charge in [0.1, 0.15) is 0 Å². The highest BCUT2D eigenvalue weighted by Gasteiger charge is 2.32. The average Bonchev–Trinajstić information content (AvgIpc) is 2.10. The molecule has 0 spiro atoms. The summed E-state index contributed by atoms with van der Waals surface area (Å²) in [6, 6.07) is 2.86. The molecule has 0 radical (unpaired) electrons. The minimum atomic E-state index is -4.74. The summed E-state index contributed by atoms with van der Waals surface area (Å²) in [6.45, 7) is 0. The van der Waals surface area contributed by atoms with E-state index in [1.165, 1.54) is 6.07 Å². The Balaban J connectivity index is 3.11. The summed E-state index contributed by atoms with van der Waals surface area (Å²) in [5.74, 6) is -0.397. The van der Waals surface area contributed by atoms with Crippen molar-refractivity contribution in [3.63, 3.8) is 0 Å². The lowest BCUT2D eigenvalue weighted by Gasteiger charge is -2.13. The van der Waals surface area contributed by atoms with Crippen molar-refractivity contribution < 1.29 is 17.9 Å². The van der Waals surface area contributed by atoms with Crippen molar-refractivity contribution in [2.75, 3.05) is 5.73 Å². The molecule has 0 saturated carbocycles. The van der Waals surface area contributed by atoms with E-state index in [-0.39, 0.29) is 5.69 Å². The minimum absolute atomic E-state index is 0.0722. The Hall–Kier alpha value is -0.430. The molecule has 0 aliphatic carbocycles. The summed E-state index contributed by atoms with van der Waals surface area (Å²) in [7, 11) is 0. The fourth-order valence-corrected chi connectivity index (χ4v) is 1.75. The lowest BCUT2D eigenvalue weighted by molar-refractivity contribution is -0.274. The predicted molar refractivity (Wildman–Crippen MR) is 57.9 cm³/mol. The maximum absolute atomic E-state index is 12.0. The van der Waals surface area contributed by atoms with Crippen molar-refractivity contribution in [1.29, 1.82) is 0 Å². The Kier molecular flexibility index (Phi) is 3.88. The van der Waals surface area contributed by atoms with Gasteiger partial charge < -0.3 is 10.5 Å². The number of hydrogen-bond donors (Lipinski definition) is 1. The molecule has 0 unspecified atom stereocenters. The van der Waals surface area contributed by atoms with Crippen LogP contribution in [0.4, 0.5) is 18.9 Å². The summed E-state index contributed by atoms with van der Waals surface area (Å²) in [6.07, 6.45) is -4.74. The summed E-state index contributed by atoms with van der Waals surface area (Å²) in [5.41, 5.74) is 5.99. The van der Waals surface area contributed by atoms with Crippen molar-refractivity contribution in [1.82, 2.24) is 0 Å². The summed E-state index contributed by atoms with van der Waals surface area (Å²) < 4.78 is 40.1. The molecule has 0 bridgehead atoms. The van der Waals surface area contributed by atoms with Crippen LogP contribution in [-0.2, 0) is 5.33 Å². The first-order valence-corrected chi connectivity index (χ1v) is 5.64. The molecule has 0 heterocycles. The van der Waals surface area contributed by atoms with Crippen molar-refractivity contribution >= 4 is 37.5 Å². The van der Waals surface area contributed by atoms with E-state index in [2.05, 4.69) is 36.6 Å². The van der Waals surface area contributed by atoms with Crippen LogP contribution in [0.5, 0.6) is 5.75 Å². The normalized spacial score (nSPS) is 11.5. The second kappa shape index (κ2) is 4.61. The van der Waals surface area contributed by atoms with Crippen LogP contribution in [0.15, 0.2) is 16.6 Å². The van der Waals surface area contributed by atoms with E-state index >= 15 is 0 Å². The molecular formula is C8H6Br2F3NO. The SMILES string of the molecule is Nc1c(Br)cc(CBr)cc1OC(F)(F)F. The van der Waals surface area contributed by atoms with Crippen LogP contribution in [0.25, 0.3) is 0 Å². The van der Waals surface area contributed by atoms with E-state index in [4.69, 9.17) is 5.73 Å². The molecule has 1 aromatic rings. The van der Waals surface area contributed by atoms with Crippen LogP contribution >= 0.6 is 31.9 Å². The average molecular weight is 349 g/mol. The molecule has 0 atom stereocenters. The molecule has 0 aliphatic rings. The van der Waals surface area contributed by atoms with E-state index in [1.54, 1.807) is 6.07 Å². The third-order valence-corrected chi connectivity index (χ3v) is 2.83. The molecule has 0 amide bonds. The number of halogens is 5. The second-order valence-electron chi connectivity index (χ2n) is 2.67. The number of hydrogen-bond acceptors (Lipinski definition) is 2. The lowest BCUT2D eigenvalue weighted by atomic mass is 10.2. The standard InChI is InChI=1S/C8H6Br2F3NO/c9-3-4-1-5(10)7(14)6(2-4)15-8(11,12)13/h1-2H,3,14H2. The molecule has 15 heavy (non-hydrogen) atoms. The number of rotatable bonds is 2. The molecule has 2 N–H and O–H groups in total. The molecule has 0 aliphatic heterocycles. The van der Waals surface area contributed by atoms with Crippen molar-refractivity contribution in [3.05, 3.63) is 22.2 Å². The Morgan fingerprint density at radius 1 is 1.33 bits per heavy atom. The van der Waals surface area contributed by atoms with E-state index in [0.717, 1.165) is 0 Å². The Morgan fingerprint density at radius 2 is 1.93 bits per heavy atom. The van der Waals surface area contributed by atoms with E-state index in [0.29, 0.717) is 15.4 Å². The van der Waals surface area contributed by atoms with Gasteiger partial charge in [-0.05, 0) is 33.6 Å². The maximum Gasteiger partial charge on any atom is 0.573 e. The molecule has 0 saturated heterocycles. The highest BCUT2D eigenvalue weighted by molar-refractivity contribution is 9.10. The Bertz CT molecular complexity index is 368. The van der Waals surface area contributed by atoms with Gasteiger partial charge >= 0.3 is 6.36 Å². The largest absolute Gasteiger partial charge is 0.573 e. The van der Waals surface area contributed by atoms with Crippen LogP contribution in [0, 0.1) is 0 Å². The summed E-state index contributed by atoms with van der Waals surface area (Å²) in [5, 5.41) is 0.417. The molecule has 84 valence electrons. The van der Waals surface area contributed by atoms with Gasteiger partial charge in [-0.25, -0.2) is 0 Å². The van der Waals surface area contributed by atoms with Crippen molar-refractivity contribution in [2.24, 2.45) is 0 Å². The van der Waals surface area contributed by atoms with Crippen LogP contribution < -0.4 is 10.5 Å². The quantitative estimate of drug-likeness (QED) is 0.651. The Labute approximate surface area is 101 Å². The first-order chi connectivity index (χ1) is 6.83. The van der Waals surface area contributed by atoms with Gasteiger partial charge in [0.15, 0.2) is 5.75 Å². The molecule has 7 heteroatoms. The van der Waals surface area contributed by atoms with Gasteiger partial charge in [0.2, 0.25) is 0 Å². The number of anilines is 1. The lowest BCUT2D eigenvalue weighted by Crippen LogP contribution is -2.18. The zero-order valence-electron chi connectivity index (χ0n) is 7.24. The fraction of sp³-hybridized carbons (Fsp3) is 0.250. The highest BCUT2D eigenvalue weighted by atomic mass is 79.9. The molecule has 1 aromatic carbocycles. The van der Waals surface area contributed by atoms with Crippen molar-refractivity contribution in [3.8, 4) is 5.75 Å². The van der Waals surface area contributed by atoms with E-state index in [1.807, 2.05) is 0 Å². The second-order valence-corrected chi connectivity index (χ2v) is 4.09. The molecular weight excluding hydrogens is 343 g/mol. The van der Waals surface area contributed by atoms with Crippen LogP contribution in [0.1, 0.15) is 5.56 Å². The number of nitrogen functional groups attached to an aromatic ring is 1. The molecule has 0 aromatic heterocycles. The van der Waals surface area contributed by atoms with Crippen molar-refractivity contribution in [2.45, 2.75) is 11.7 Å². The van der Waals surface area contributed by atoms with Gasteiger partial charge in [-0.15, -0.1) is 13.2 Å².